The number of nitrogens with zero attached hydrogens (tertiary/aromatic N) is 4. The number of carbonyl (C=O) groups excluding carboxylic acids is 2. The van der Waals surface area contributed by atoms with E-state index in [9.17, 15) is 18.0 Å². The number of carbonyl (C=O) groups is 2. The van der Waals surface area contributed by atoms with Gasteiger partial charge in [0.25, 0.3) is 5.91 Å². The van der Waals surface area contributed by atoms with Crippen LogP contribution in [0, 0.1) is 6.92 Å². The lowest BCUT2D eigenvalue weighted by atomic mass is 10.1. The molecule has 0 bridgehead atoms. The van der Waals surface area contributed by atoms with Gasteiger partial charge in [-0.3, -0.25) is 10.1 Å². The zero-order valence-corrected chi connectivity index (χ0v) is 23.1. The van der Waals surface area contributed by atoms with Gasteiger partial charge in [-0.15, -0.1) is 0 Å². The van der Waals surface area contributed by atoms with E-state index in [-0.39, 0.29) is 37.0 Å². The predicted octanol–water partition coefficient (Wildman–Crippen LogP) is 2.72. The summed E-state index contributed by atoms with van der Waals surface area (Å²) in [7, 11) is -1.82. The molecule has 1 fully saturated rings. The number of hydrogen-bond donors (Lipinski definition) is 2. The van der Waals surface area contributed by atoms with Crippen molar-refractivity contribution in [2.45, 2.75) is 18.7 Å². The molecule has 202 valence electrons. The van der Waals surface area contributed by atoms with E-state index >= 15 is 0 Å². The zero-order valence-electron chi connectivity index (χ0n) is 21.5. The first-order valence-electron chi connectivity index (χ1n) is 12.4. The Kier molecular flexibility index (Phi) is 7.16. The molecule has 0 atom stereocenters. The molecule has 1 aromatic carbocycles. The number of aryl methyl sites for hydroxylation is 1. The van der Waals surface area contributed by atoms with Crippen LogP contribution in [0.25, 0.3) is 10.2 Å². The average Bonchev–Trinajstić information content (AvgIpc) is 3.24. The molecule has 5 rings (SSSR count). The average molecular weight is 559 g/mol. The first-order chi connectivity index (χ1) is 18.2. The lowest BCUT2D eigenvalue weighted by Gasteiger charge is -2.34. The Balaban J connectivity index is 1.35. The number of amides is 3. The normalized spacial score (nSPS) is 16.2. The number of anilines is 2. The third kappa shape index (κ3) is 4.88. The second-order valence-corrected chi connectivity index (χ2v) is 12.1. The van der Waals surface area contributed by atoms with Crippen LogP contribution in [0.15, 0.2) is 35.2 Å². The molecule has 13 heteroatoms. The van der Waals surface area contributed by atoms with Gasteiger partial charge in [-0.25, -0.2) is 18.2 Å². The largest absolute Gasteiger partial charge is 0.490 e. The van der Waals surface area contributed by atoms with Crippen molar-refractivity contribution in [3.8, 4) is 5.75 Å². The van der Waals surface area contributed by atoms with Gasteiger partial charge in [0.15, 0.2) is 0 Å². The molecule has 3 aromatic rings. The van der Waals surface area contributed by atoms with Crippen LogP contribution in [0.2, 0.25) is 0 Å². The molecule has 2 aromatic heterocycles. The maximum absolute atomic E-state index is 13.7. The Bertz CT molecular complexity index is 1500. The maximum Gasteiger partial charge on any atom is 0.319 e. The highest BCUT2D eigenvalue weighted by atomic mass is 32.2. The molecule has 3 amide bonds. The number of thiophene rings is 1. The van der Waals surface area contributed by atoms with Crippen LogP contribution >= 0.6 is 11.3 Å². The minimum Gasteiger partial charge on any atom is -0.490 e. The Morgan fingerprint density at radius 1 is 1.11 bits per heavy atom. The summed E-state index contributed by atoms with van der Waals surface area (Å²) in [6.45, 7) is 6.12. The highest BCUT2D eigenvalue weighted by Crippen LogP contribution is 2.37. The van der Waals surface area contributed by atoms with Gasteiger partial charge >= 0.3 is 6.03 Å². The van der Waals surface area contributed by atoms with E-state index < -0.39 is 16.1 Å². The highest BCUT2D eigenvalue weighted by molar-refractivity contribution is 7.89. The number of hydrogen-bond acceptors (Lipinski definition) is 8. The van der Waals surface area contributed by atoms with Gasteiger partial charge in [0, 0.05) is 56.9 Å². The lowest BCUT2D eigenvalue weighted by molar-refractivity contribution is 0.0701. The summed E-state index contributed by atoms with van der Waals surface area (Å²) in [5, 5.41) is 6.54. The van der Waals surface area contributed by atoms with Gasteiger partial charge < -0.3 is 19.9 Å². The first-order valence-corrected chi connectivity index (χ1v) is 14.7. The minimum atomic E-state index is -3.76. The standard InChI is InChI=1S/C25H30N6O5S2/c1-4-26-25(33)28-23-21(18-7-5-16(2)27-22(18)37-23)24(32)30-9-11-31(12-10-30)38(34,35)17-6-8-19-20(15-17)36-14-13-29(19)3/h5-8,15H,4,9-14H2,1-3H3,(H2,26,28,33). The molecule has 4 heterocycles. The molecular weight excluding hydrogens is 528 g/mol. The van der Waals surface area contributed by atoms with Crippen molar-refractivity contribution in [3.63, 3.8) is 0 Å². The summed E-state index contributed by atoms with van der Waals surface area (Å²) in [5.74, 6) is 0.282. The third-order valence-electron chi connectivity index (χ3n) is 6.66. The van der Waals surface area contributed by atoms with Crippen molar-refractivity contribution in [2.75, 3.05) is 63.1 Å². The lowest BCUT2D eigenvalue weighted by Crippen LogP contribution is -2.50. The van der Waals surface area contributed by atoms with Crippen molar-refractivity contribution >= 4 is 54.2 Å². The summed E-state index contributed by atoms with van der Waals surface area (Å²) in [5.41, 5.74) is 2.03. The maximum atomic E-state index is 13.7. The Hall–Kier alpha value is -3.42. The van der Waals surface area contributed by atoms with Gasteiger partial charge in [0.1, 0.15) is 22.2 Å². The Labute approximate surface area is 225 Å². The van der Waals surface area contributed by atoms with Crippen LogP contribution < -0.4 is 20.3 Å². The fraction of sp³-hybridized carbons (Fsp3) is 0.400. The van der Waals surface area contributed by atoms with E-state index in [1.807, 2.05) is 37.9 Å². The number of ether oxygens (including phenoxy) is 1. The van der Waals surface area contributed by atoms with Crippen LogP contribution in [0.1, 0.15) is 23.0 Å². The van der Waals surface area contributed by atoms with Crippen molar-refractivity contribution in [1.29, 1.82) is 0 Å². The number of sulfonamides is 1. The summed E-state index contributed by atoms with van der Waals surface area (Å²) in [6, 6.07) is 8.20. The van der Waals surface area contributed by atoms with Gasteiger partial charge in [-0.1, -0.05) is 11.3 Å². The number of benzene rings is 1. The molecular formula is C25H30N6O5S2. The number of rotatable bonds is 5. The van der Waals surface area contributed by atoms with Gasteiger partial charge in [-0.2, -0.15) is 4.31 Å². The second kappa shape index (κ2) is 10.4. The van der Waals surface area contributed by atoms with Crippen molar-refractivity contribution in [2.24, 2.45) is 0 Å². The molecule has 0 saturated carbocycles. The molecule has 0 spiro atoms. The van der Waals surface area contributed by atoms with Gasteiger partial charge in [0.2, 0.25) is 10.0 Å². The summed E-state index contributed by atoms with van der Waals surface area (Å²) in [4.78, 5) is 34.9. The fourth-order valence-corrected chi connectivity index (χ4v) is 7.16. The van der Waals surface area contributed by atoms with Crippen LogP contribution in [0.4, 0.5) is 15.5 Å². The van der Waals surface area contributed by atoms with E-state index in [0.717, 1.165) is 17.9 Å². The summed E-state index contributed by atoms with van der Waals surface area (Å²) < 4.78 is 33.9. The third-order valence-corrected chi connectivity index (χ3v) is 9.57. The molecule has 0 radical (unpaired) electrons. The Morgan fingerprint density at radius 2 is 1.87 bits per heavy atom. The highest BCUT2D eigenvalue weighted by Gasteiger charge is 2.33. The molecule has 38 heavy (non-hydrogen) atoms. The van der Waals surface area contributed by atoms with E-state index in [1.54, 1.807) is 23.1 Å². The van der Waals surface area contributed by atoms with Crippen molar-refractivity contribution < 1.29 is 22.7 Å². The molecule has 2 aliphatic rings. The number of urea groups is 1. The first kappa shape index (κ1) is 26.2. The number of likely N-dealkylation sites (N-methyl/N-ethyl adjacent to an activating group) is 1. The molecule has 2 aliphatic heterocycles. The SMILES string of the molecule is CCNC(=O)Nc1sc2nc(C)ccc2c1C(=O)N1CCN(S(=O)(=O)c2ccc3c(c2)OCCN3C)CC1. The van der Waals surface area contributed by atoms with E-state index in [0.29, 0.717) is 39.7 Å². The van der Waals surface area contributed by atoms with Crippen LogP contribution in [0.5, 0.6) is 5.75 Å². The van der Waals surface area contributed by atoms with Crippen LogP contribution in [-0.2, 0) is 10.0 Å². The topological polar surface area (TPSA) is 124 Å². The predicted molar refractivity (Wildman–Crippen MR) is 147 cm³/mol. The number of fused-ring (bicyclic) bond motifs is 2. The van der Waals surface area contributed by atoms with Crippen LogP contribution in [0.3, 0.4) is 0 Å². The number of pyridine rings is 1. The quantitative estimate of drug-likeness (QED) is 0.494. The smallest absolute Gasteiger partial charge is 0.319 e. The molecule has 1 saturated heterocycles. The van der Waals surface area contributed by atoms with E-state index in [1.165, 1.54) is 15.6 Å². The van der Waals surface area contributed by atoms with E-state index in [4.69, 9.17) is 4.74 Å². The van der Waals surface area contributed by atoms with Gasteiger partial charge in [-0.05, 0) is 38.1 Å². The second-order valence-electron chi connectivity index (χ2n) is 9.19. The summed E-state index contributed by atoms with van der Waals surface area (Å²) >= 11 is 1.25. The number of piperazine rings is 1. The fourth-order valence-electron chi connectivity index (χ4n) is 4.62. The minimum absolute atomic E-state index is 0.157. The molecule has 11 nitrogen and oxygen atoms in total. The van der Waals surface area contributed by atoms with Gasteiger partial charge in [0.05, 0.1) is 22.7 Å². The zero-order chi connectivity index (χ0) is 27.0. The number of nitrogens with one attached hydrogen (secondary N) is 2. The van der Waals surface area contributed by atoms with Crippen molar-refractivity contribution in [1.82, 2.24) is 19.5 Å². The molecule has 0 aliphatic carbocycles. The van der Waals surface area contributed by atoms with Crippen molar-refractivity contribution in [3.05, 3.63) is 41.6 Å². The number of aromatic nitrogens is 1. The Morgan fingerprint density at radius 3 is 2.61 bits per heavy atom. The summed E-state index contributed by atoms with van der Waals surface area (Å²) in [6.07, 6.45) is 0. The molecule has 2 N–H and O–H groups in total. The monoisotopic (exact) mass is 558 g/mol. The van der Waals surface area contributed by atoms with E-state index in [2.05, 4.69) is 15.6 Å². The molecule has 0 unspecified atom stereocenters. The van der Waals surface area contributed by atoms with Crippen LogP contribution in [-0.4, -0.2) is 87.5 Å².